The molecular weight excluding hydrogens is 426 g/mol. The number of carbonyl (C=O) groups excluding carboxylic acids is 2. The van der Waals surface area contributed by atoms with Crippen LogP contribution in [-0.2, 0) is 35.6 Å². The molecule has 2 aliphatic carbocycles. The van der Waals surface area contributed by atoms with Crippen molar-refractivity contribution in [2.24, 2.45) is 4.36 Å². The molecule has 8 nitrogen and oxygen atoms in total. The molecule has 1 aliphatic heterocycles. The van der Waals surface area contributed by atoms with Gasteiger partial charge in [-0.05, 0) is 85.0 Å². The van der Waals surface area contributed by atoms with Crippen molar-refractivity contribution in [3.05, 3.63) is 70.5 Å². The van der Waals surface area contributed by atoms with Gasteiger partial charge in [-0.2, -0.15) is 5.10 Å². The second kappa shape index (κ2) is 7.03. The van der Waals surface area contributed by atoms with Crippen molar-refractivity contribution < 1.29 is 13.8 Å². The van der Waals surface area contributed by atoms with E-state index in [1.54, 1.807) is 41.3 Å². The number of amides is 3. The summed E-state index contributed by atoms with van der Waals surface area (Å²) in [5.41, 5.74) is 6.62. The van der Waals surface area contributed by atoms with Gasteiger partial charge in [-0.15, -0.1) is 4.36 Å². The van der Waals surface area contributed by atoms with Crippen LogP contribution in [0.2, 0.25) is 0 Å². The largest absolute Gasteiger partial charge is 0.355 e. The molecule has 2 heterocycles. The van der Waals surface area contributed by atoms with Crippen LogP contribution in [-0.4, -0.2) is 25.9 Å². The lowest BCUT2D eigenvalue weighted by molar-refractivity contribution is 0.0985. The standard InChI is InChI=1S/C23H21N5O3S/c29-22-19-9-8-16(28-11-3-10-24-28)13-20(19)32(31,26-22)27-23(30)25-21-17-6-1-4-14(17)12-15-5-2-7-18(15)21/h3,8-13H,1-2,4-7H2,(H2,25,26,27,29,30,31). The Morgan fingerprint density at radius 2 is 1.84 bits per heavy atom. The average molecular weight is 448 g/mol. The number of nitrogens with one attached hydrogen (secondary N) is 2. The summed E-state index contributed by atoms with van der Waals surface area (Å²) < 4.78 is 21.6. The van der Waals surface area contributed by atoms with Crippen LogP contribution in [0.5, 0.6) is 0 Å². The molecule has 2 aromatic carbocycles. The minimum absolute atomic E-state index is 0.203. The number of aryl methyl sites for hydroxylation is 2. The number of rotatable bonds is 2. The Kier molecular flexibility index (Phi) is 4.23. The second-order valence-electron chi connectivity index (χ2n) is 8.34. The first kappa shape index (κ1) is 19.2. The monoisotopic (exact) mass is 447 g/mol. The van der Waals surface area contributed by atoms with E-state index in [9.17, 15) is 13.8 Å². The summed E-state index contributed by atoms with van der Waals surface area (Å²) in [7, 11) is -3.45. The molecule has 0 fully saturated rings. The third-order valence-corrected chi connectivity index (χ3v) is 8.24. The lowest BCUT2D eigenvalue weighted by Gasteiger charge is -2.15. The van der Waals surface area contributed by atoms with Gasteiger partial charge in [-0.3, -0.25) is 9.52 Å². The maximum Gasteiger partial charge on any atom is 0.355 e. The molecule has 2 N–H and O–H groups in total. The molecule has 0 spiro atoms. The van der Waals surface area contributed by atoms with E-state index in [0.717, 1.165) is 44.2 Å². The van der Waals surface area contributed by atoms with Crippen LogP contribution in [0.3, 0.4) is 0 Å². The fourth-order valence-corrected chi connectivity index (χ4v) is 6.65. The Labute approximate surface area is 185 Å². The molecule has 3 aromatic rings. The minimum Gasteiger partial charge on any atom is -0.305 e. The van der Waals surface area contributed by atoms with Crippen molar-refractivity contribution in [2.75, 3.05) is 5.32 Å². The third-order valence-electron chi connectivity index (χ3n) is 6.42. The third kappa shape index (κ3) is 2.96. The van der Waals surface area contributed by atoms with Gasteiger partial charge in [0.15, 0.2) is 9.92 Å². The van der Waals surface area contributed by atoms with Crippen molar-refractivity contribution in [2.45, 2.75) is 43.4 Å². The number of fused-ring (bicyclic) bond motifs is 3. The van der Waals surface area contributed by atoms with E-state index in [4.69, 9.17) is 0 Å². The summed E-state index contributed by atoms with van der Waals surface area (Å²) in [5.74, 6) is -0.505. The summed E-state index contributed by atoms with van der Waals surface area (Å²) in [5, 5.41) is 7.10. The highest BCUT2D eigenvalue weighted by Gasteiger charge is 2.33. The van der Waals surface area contributed by atoms with Gasteiger partial charge in [0, 0.05) is 18.1 Å². The maximum absolute atomic E-state index is 13.6. The zero-order valence-electron chi connectivity index (χ0n) is 17.3. The van der Waals surface area contributed by atoms with Crippen molar-refractivity contribution >= 4 is 27.5 Å². The molecule has 1 unspecified atom stereocenters. The minimum atomic E-state index is -3.45. The van der Waals surface area contributed by atoms with E-state index < -0.39 is 21.9 Å². The molecule has 1 atom stereocenters. The zero-order chi connectivity index (χ0) is 21.9. The van der Waals surface area contributed by atoms with Crippen LogP contribution in [0.15, 0.2) is 52.0 Å². The number of aromatic nitrogens is 2. The van der Waals surface area contributed by atoms with Crippen LogP contribution in [0, 0.1) is 0 Å². The highest BCUT2D eigenvalue weighted by molar-refractivity contribution is 7.93. The van der Waals surface area contributed by atoms with E-state index in [1.807, 2.05) is 0 Å². The topological polar surface area (TPSA) is 105 Å². The van der Waals surface area contributed by atoms with Crippen molar-refractivity contribution in [1.29, 1.82) is 0 Å². The van der Waals surface area contributed by atoms with Gasteiger partial charge >= 0.3 is 6.03 Å². The number of nitrogens with zero attached hydrogens (tertiary/aromatic N) is 3. The molecule has 0 saturated heterocycles. The Bertz CT molecular complexity index is 1390. The number of urea groups is 1. The van der Waals surface area contributed by atoms with Crippen molar-refractivity contribution in [3.63, 3.8) is 0 Å². The van der Waals surface area contributed by atoms with E-state index in [-0.39, 0.29) is 10.5 Å². The molecular formula is C23H21N5O3S. The average Bonchev–Trinajstić information content (AvgIpc) is 3.55. The Morgan fingerprint density at radius 3 is 2.53 bits per heavy atom. The number of hydrogen-bond donors (Lipinski definition) is 2. The van der Waals surface area contributed by atoms with E-state index in [0.29, 0.717) is 5.69 Å². The van der Waals surface area contributed by atoms with Gasteiger partial charge in [0.1, 0.15) is 0 Å². The van der Waals surface area contributed by atoms with Gasteiger partial charge in [-0.25, -0.2) is 13.7 Å². The SMILES string of the molecule is O=C(N=S1(=O)NC(=O)c2ccc(-n3cccn3)cc21)Nc1c2c(cc3c1CCC3)CCC2. The highest BCUT2D eigenvalue weighted by Crippen LogP contribution is 2.38. The molecule has 6 rings (SSSR count). The van der Waals surface area contributed by atoms with Gasteiger partial charge in [0.2, 0.25) is 0 Å². The second-order valence-corrected chi connectivity index (χ2v) is 10.2. The van der Waals surface area contributed by atoms with Crippen molar-refractivity contribution in [1.82, 2.24) is 14.5 Å². The first-order chi connectivity index (χ1) is 15.5. The van der Waals surface area contributed by atoms with Crippen LogP contribution in [0.25, 0.3) is 5.69 Å². The smallest absolute Gasteiger partial charge is 0.305 e. The molecule has 0 radical (unpaired) electrons. The molecule has 162 valence electrons. The molecule has 3 aliphatic rings. The fourth-order valence-electron chi connectivity index (χ4n) is 5.01. The highest BCUT2D eigenvalue weighted by atomic mass is 32.2. The summed E-state index contributed by atoms with van der Waals surface area (Å²) in [6.45, 7) is 0. The number of carbonyl (C=O) groups is 2. The predicted molar refractivity (Wildman–Crippen MR) is 119 cm³/mol. The number of benzene rings is 2. The summed E-state index contributed by atoms with van der Waals surface area (Å²) in [6.07, 6.45) is 9.36. The van der Waals surface area contributed by atoms with Gasteiger partial charge in [0.05, 0.1) is 16.1 Å². The van der Waals surface area contributed by atoms with Crippen LogP contribution < -0.4 is 10.0 Å². The lowest BCUT2D eigenvalue weighted by atomic mass is 9.99. The first-order valence-corrected chi connectivity index (χ1v) is 12.2. The fraction of sp³-hybridized carbons (Fsp3) is 0.261. The van der Waals surface area contributed by atoms with E-state index in [2.05, 4.69) is 25.6 Å². The molecule has 0 bridgehead atoms. The molecule has 0 saturated carbocycles. The normalized spacial score (nSPS) is 20.4. The van der Waals surface area contributed by atoms with Crippen LogP contribution in [0.4, 0.5) is 10.5 Å². The summed E-state index contributed by atoms with van der Waals surface area (Å²) >= 11 is 0. The molecule has 1 aromatic heterocycles. The zero-order valence-corrected chi connectivity index (χ0v) is 18.1. The Hall–Kier alpha value is -3.46. The van der Waals surface area contributed by atoms with Gasteiger partial charge in [0.25, 0.3) is 5.91 Å². The summed E-state index contributed by atoms with van der Waals surface area (Å²) in [6, 6.07) is 8.23. The summed E-state index contributed by atoms with van der Waals surface area (Å²) in [4.78, 5) is 25.6. The number of anilines is 1. The molecule has 32 heavy (non-hydrogen) atoms. The van der Waals surface area contributed by atoms with Crippen LogP contribution >= 0.6 is 0 Å². The molecule has 9 heteroatoms. The van der Waals surface area contributed by atoms with Gasteiger partial charge in [-0.1, -0.05) is 6.07 Å². The predicted octanol–water partition coefficient (Wildman–Crippen LogP) is 3.57. The Balaban J connectivity index is 1.40. The van der Waals surface area contributed by atoms with Crippen molar-refractivity contribution in [3.8, 4) is 5.69 Å². The number of hydrogen-bond acceptors (Lipinski definition) is 4. The Morgan fingerprint density at radius 1 is 1.09 bits per heavy atom. The maximum atomic E-state index is 13.6. The quantitative estimate of drug-likeness (QED) is 0.626. The van der Waals surface area contributed by atoms with Crippen LogP contribution in [0.1, 0.15) is 45.5 Å². The lowest BCUT2D eigenvalue weighted by Crippen LogP contribution is -2.23. The molecule has 3 amide bonds. The van der Waals surface area contributed by atoms with E-state index >= 15 is 0 Å². The van der Waals surface area contributed by atoms with E-state index in [1.165, 1.54) is 22.3 Å². The first-order valence-electron chi connectivity index (χ1n) is 10.7. The van der Waals surface area contributed by atoms with Gasteiger partial charge < -0.3 is 5.32 Å².